The summed E-state index contributed by atoms with van der Waals surface area (Å²) < 4.78 is 33.8. The molecule has 0 fully saturated rings. The van der Waals surface area contributed by atoms with Gasteiger partial charge in [0.15, 0.2) is 11.6 Å². The first-order valence-electron chi connectivity index (χ1n) is 6.21. The maximum atomic E-state index is 13.9. The summed E-state index contributed by atoms with van der Waals surface area (Å²) in [6.45, 7) is 0. The zero-order valence-electron chi connectivity index (χ0n) is 11.1. The van der Waals surface area contributed by atoms with Crippen molar-refractivity contribution in [2.45, 2.75) is 5.88 Å². The van der Waals surface area contributed by atoms with E-state index in [-0.39, 0.29) is 17.4 Å². The Morgan fingerprint density at radius 2 is 2.00 bits per heavy atom. The van der Waals surface area contributed by atoms with Gasteiger partial charge in [0.05, 0.1) is 29.7 Å². The molecular weight excluding hydrogens is 298 g/mol. The molecule has 0 aliphatic rings. The first-order valence-corrected chi connectivity index (χ1v) is 6.74. The quantitative estimate of drug-likeness (QED) is 0.683. The smallest absolute Gasteiger partial charge is 0.167 e. The summed E-state index contributed by atoms with van der Waals surface area (Å²) in [5, 5.41) is 0. The van der Waals surface area contributed by atoms with Gasteiger partial charge in [-0.05, 0) is 24.3 Å². The summed E-state index contributed by atoms with van der Waals surface area (Å²) in [7, 11) is 1.40. The van der Waals surface area contributed by atoms with Gasteiger partial charge in [-0.2, -0.15) is 0 Å². The molecule has 0 aliphatic carbocycles. The van der Waals surface area contributed by atoms with Crippen LogP contribution >= 0.6 is 11.6 Å². The van der Waals surface area contributed by atoms with E-state index in [0.29, 0.717) is 22.5 Å². The number of alkyl halides is 1. The van der Waals surface area contributed by atoms with E-state index in [2.05, 4.69) is 4.98 Å². The lowest BCUT2D eigenvalue weighted by atomic mass is 10.2. The Morgan fingerprint density at radius 1 is 1.19 bits per heavy atom. The van der Waals surface area contributed by atoms with Crippen molar-refractivity contribution in [2.75, 3.05) is 7.11 Å². The average molecular weight is 309 g/mol. The molecule has 1 heterocycles. The number of methoxy groups -OCH3 is 1. The largest absolute Gasteiger partial charge is 0.494 e. The van der Waals surface area contributed by atoms with E-state index in [1.807, 2.05) is 0 Å². The number of benzene rings is 2. The minimum atomic E-state index is -0.487. The summed E-state index contributed by atoms with van der Waals surface area (Å²) in [5.74, 6) is -0.0682. The summed E-state index contributed by atoms with van der Waals surface area (Å²) in [6.07, 6.45) is 0. The fourth-order valence-corrected chi connectivity index (χ4v) is 2.45. The maximum absolute atomic E-state index is 13.9. The van der Waals surface area contributed by atoms with Gasteiger partial charge >= 0.3 is 0 Å². The van der Waals surface area contributed by atoms with Crippen LogP contribution in [0.2, 0.25) is 0 Å². The highest BCUT2D eigenvalue weighted by Crippen LogP contribution is 2.26. The van der Waals surface area contributed by atoms with Crippen molar-refractivity contribution in [2.24, 2.45) is 0 Å². The standard InChI is InChI=1S/C15H11ClF2N2O/c1-21-14-5-3-10(7-11(14)18)20-13-4-2-9(17)6-12(13)19-15(20)8-16/h2-7H,8H2,1H3. The molecule has 0 bridgehead atoms. The molecular formula is C15H11ClF2N2O. The van der Waals surface area contributed by atoms with Crippen LogP contribution in [0.3, 0.4) is 0 Å². The second-order valence-electron chi connectivity index (χ2n) is 4.45. The van der Waals surface area contributed by atoms with Crippen LogP contribution in [-0.2, 0) is 5.88 Å². The number of nitrogens with zero attached hydrogens (tertiary/aromatic N) is 2. The van der Waals surface area contributed by atoms with Crippen LogP contribution in [-0.4, -0.2) is 16.7 Å². The first-order chi connectivity index (χ1) is 10.1. The minimum Gasteiger partial charge on any atom is -0.494 e. The fourth-order valence-electron chi connectivity index (χ4n) is 2.28. The number of ether oxygens (including phenoxy) is 1. The minimum absolute atomic E-state index is 0.129. The first kappa shape index (κ1) is 13.8. The normalized spacial score (nSPS) is 11.0. The number of rotatable bonds is 3. The lowest BCUT2D eigenvalue weighted by molar-refractivity contribution is 0.386. The van der Waals surface area contributed by atoms with E-state index < -0.39 is 5.82 Å². The van der Waals surface area contributed by atoms with Crippen LogP contribution in [0.25, 0.3) is 16.7 Å². The van der Waals surface area contributed by atoms with Crippen molar-refractivity contribution in [3.63, 3.8) is 0 Å². The molecule has 2 aromatic carbocycles. The van der Waals surface area contributed by atoms with E-state index >= 15 is 0 Å². The number of aromatic nitrogens is 2. The summed E-state index contributed by atoms with van der Waals surface area (Å²) in [5.41, 5.74) is 1.69. The zero-order valence-corrected chi connectivity index (χ0v) is 11.9. The molecule has 3 aromatic rings. The molecule has 0 amide bonds. The Labute approximate surface area is 124 Å². The van der Waals surface area contributed by atoms with Crippen molar-refractivity contribution in [1.82, 2.24) is 9.55 Å². The van der Waals surface area contributed by atoms with Crippen molar-refractivity contribution in [3.05, 3.63) is 53.9 Å². The molecule has 1 aromatic heterocycles. The molecule has 3 rings (SSSR count). The third kappa shape index (κ3) is 2.34. The van der Waals surface area contributed by atoms with Crippen LogP contribution in [0, 0.1) is 11.6 Å². The highest BCUT2D eigenvalue weighted by Gasteiger charge is 2.14. The second-order valence-corrected chi connectivity index (χ2v) is 4.72. The van der Waals surface area contributed by atoms with E-state index in [0.717, 1.165) is 0 Å². The van der Waals surface area contributed by atoms with Gasteiger partial charge in [0, 0.05) is 12.1 Å². The number of halogens is 3. The predicted molar refractivity (Wildman–Crippen MR) is 77.1 cm³/mol. The van der Waals surface area contributed by atoms with Crippen LogP contribution in [0.1, 0.15) is 5.82 Å². The monoisotopic (exact) mass is 308 g/mol. The van der Waals surface area contributed by atoms with Crippen LogP contribution in [0.15, 0.2) is 36.4 Å². The van der Waals surface area contributed by atoms with Gasteiger partial charge < -0.3 is 4.74 Å². The van der Waals surface area contributed by atoms with Gasteiger partial charge in [-0.25, -0.2) is 13.8 Å². The van der Waals surface area contributed by atoms with Gasteiger partial charge in [0.1, 0.15) is 11.6 Å². The highest BCUT2D eigenvalue weighted by atomic mass is 35.5. The zero-order chi connectivity index (χ0) is 15.0. The number of fused-ring (bicyclic) bond motifs is 1. The number of hydrogen-bond acceptors (Lipinski definition) is 2. The number of imidazole rings is 1. The Kier molecular flexibility index (Phi) is 3.51. The van der Waals surface area contributed by atoms with Crippen molar-refractivity contribution in [1.29, 1.82) is 0 Å². The highest BCUT2D eigenvalue weighted by molar-refractivity contribution is 6.17. The topological polar surface area (TPSA) is 27.1 Å². The lowest BCUT2D eigenvalue weighted by Crippen LogP contribution is -2.00. The maximum Gasteiger partial charge on any atom is 0.167 e. The molecule has 0 atom stereocenters. The molecule has 6 heteroatoms. The molecule has 108 valence electrons. The van der Waals surface area contributed by atoms with Crippen LogP contribution in [0.5, 0.6) is 5.75 Å². The molecule has 0 unspecified atom stereocenters. The summed E-state index contributed by atoms with van der Waals surface area (Å²) >= 11 is 5.90. The summed E-state index contributed by atoms with van der Waals surface area (Å²) in [6, 6.07) is 8.80. The number of hydrogen-bond donors (Lipinski definition) is 0. The van der Waals surface area contributed by atoms with Crippen LogP contribution < -0.4 is 4.74 Å². The molecule has 0 N–H and O–H groups in total. The van der Waals surface area contributed by atoms with Crippen molar-refractivity contribution in [3.8, 4) is 11.4 Å². The summed E-state index contributed by atoms with van der Waals surface area (Å²) in [4.78, 5) is 4.28. The predicted octanol–water partition coefficient (Wildman–Crippen LogP) is 4.05. The molecule has 0 spiro atoms. The average Bonchev–Trinajstić information content (AvgIpc) is 2.84. The Bertz CT molecular complexity index is 817. The third-order valence-corrected chi connectivity index (χ3v) is 3.44. The lowest BCUT2D eigenvalue weighted by Gasteiger charge is -2.09. The Balaban J connectivity index is 2.25. The van der Waals surface area contributed by atoms with E-state index in [1.165, 1.54) is 31.4 Å². The van der Waals surface area contributed by atoms with Gasteiger partial charge in [-0.3, -0.25) is 4.57 Å². The van der Waals surface area contributed by atoms with Gasteiger partial charge in [-0.1, -0.05) is 0 Å². The molecule has 0 saturated heterocycles. The Hall–Kier alpha value is -2.14. The van der Waals surface area contributed by atoms with E-state index in [4.69, 9.17) is 16.3 Å². The van der Waals surface area contributed by atoms with Gasteiger partial charge in [0.2, 0.25) is 0 Å². The van der Waals surface area contributed by atoms with Gasteiger partial charge in [-0.15, -0.1) is 11.6 Å². The Morgan fingerprint density at radius 3 is 2.67 bits per heavy atom. The SMILES string of the molecule is COc1ccc(-n2c(CCl)nc3cc(F)ccc32)cc1F. The molecule has 21 heavy (non-hydrogen) atoms. The second kappa shape index (κ2) is 5.33. The van der Waals surface area contributed by atoms with E-state index in [1.54, 1.807) is 16.7 Å². The fraction of sp³-hybridized carbons (Fsp3) is 0.133. The van der Waals surface area contributed by atoms with E-state index in [9.17, 15) is 8.78 Å². The third-order valence-electron chi connectivity index (χ3n) is 3.20. The van der Waals surface area contributed by atoms with Crippen molar-refractivity contribution >= 4 is 22.6 Å². The van der Waals surface area contributed by atoms with Crippen molar-refractivity contribution < 1.29 is 13.5 Å². The molecule has 0 aliphatic heterocycles. The molecule has 0 saturated carbocycles. The molecule has 3 nitrogen and oxygen atoms in total. The van der Waals surface area contributed by atoms with Crippen LogP contribution in [0.4, 0.5) is 8.78 Å². The van der Waals surface area contributed by atoms with Gasteiger partial charge in [0.25, 0.3) is 0 Å². The molecule has 0 radical (unpaired) electrons.